The number of carbonyl (C=O) groups excluding carboxylic acids is 1. The molecule has 18 heavy (non-hydrogen) atoms. The number of nitrogens with zero attached hydrogens (tertiary/aromatic N) is 1. The molecule has 0 aromatic carbocycles. The molecule has 0 amide bonds. The number of rotatable bonds is 6. The molecule has 1 fully saturated rings. The fourth-order valence-electron chi connectivity index (χ4n) is 2.20. The highest BCUT2D eigenvalue weighted by Gasteiger charge is 2.16. The molecule has 1 heterocycles. The number of hydrogen-bond acceptors (Lipinski definition) is 5. The summed E-state index contributed by atoms with van der Waals surface area (Å²) in [6.07, 6.45) is 6.22. The lowest BCUT2D eigenvalue weighted by Crippen LogP contribution is -2.14. The first-order valence-corrected chi connectivity index (χ1v) is 7.52. The summed E-state index contributed by atoms with van der Waals surface area (Å²) >= 11 is 1.63. The normalized spacial score (nSPS) is 15.8. The van der Waals surface area contributed by atoms with Crippen molar-refractivity contribution in [3.63, 3.8) is 0 Å². The zero-order chi connectivity index (χ0) is 12.8. The van der Waals surface area contributed by atoms with Gasteiger partial charge in [-0.25, -0.2) is 4.98 Å². The Hall–Kier alpha value is -1.10. The minimum atomic E-state index is -0.143. The van der Waals surface area contributed by atoms with Gasteiger partial charge in [-0.15, -0.1) is 11.3 Å². The molecule has 0 saturated heterocycles. The third-order valence-corrected chi connectivity index (χ3v) is 3.95. The van der Waals surface area contributed by atoms with Gasteiger partial charge in [-0.2, -0.15) is 0 Å². The predicted octanol–water partition coefficient (Wildman–Crippen LogP) is 2.99. The Morgan fingerprint density at radius 2 is 2.33 bits per heavy atom. The molecule has 4 nitrogen and oxygen atoms in total. The maximum Gasteiger partial charge on any atom is 0.306 e. The first-order valence-electron chi connectivity index (χ1n) is 6.64. The van der Waals surface area contributed by atoms with Gasteiger partial charge in [-0.3, -0.25) is 4.79 Å². The molecule has 2 rings (SSSR count). The Labute approximate surface area is 112 Å². The average Bonchev–Trinajstić information content (AvgIpc) is 2.99. The van der Waals surface area contributed by atoms with Gasteiger partial charge in [0.05, 0.1) is 18.7 Å². The van der Waals surface area contributed by atoms with Crippen LogP contribution in [0.1, 0.15) is 44.7 Å². The second kappa shape index (κ2) is 6.73. The summed E-state index contributed by atoms with van der Waals surface area (Å²) in [6, 6.07) is 0.592. The smallest absolute Gasteiger partial charge is 0.306 e. The summed E-state index contributed by atoms with van der Waals surface area (Å²) < 4.78 is 4.90. The van der Waals surface area contributed by atoms with Crippen molar-refractivity contribution in [3.05, 3.63) is 11.1 Å². The van der Waals surface area contributed by atoms with Crippen LogP contribution in [0.5, 0.6) is 0 Å². The summed E-state index contributed by atoms with van der Waals surface area (Å²) in [5, 5.41) is 6.48. The van der Waals surface area contributed by atoms with Crippen molar-refractivity contribution in [2.75, 3.05) is 11.9 Å². The van der Waals surface area contributed by atoms with Crippen molar-refractivity contribution in [1.82, 2.24) is 4.98 Å². The van der Waals surface area contributed by atoms with Crippen molar-refractivity contribution >= 4 is 22.4 Å². The monoisotopic (exact) mass is 268 g/mol. The fraction of sp³-hybridized carbons (Fsp3) is 0.692. The number of thiazole rings is 1. The van der Waals surface area contributed by atoms with E-state index in [0.29, 0.717) is 25.5 Å². The van der Waals surface area contributed by atoms with Crippen LogP contribution in [-0.2, 0) is 16.0 Å². The van der Waals surface area contributed by atoms with Crippen molar-refractivity contribution in [1.29, 1.82) is 0 Å². The van der Waals surface area contributed by atoms with Gasteiger partial charge in [-0.1, -0.05) is 12.8 Å². The molecule has 0 unspecified atom stereocenters. The van der Waals surface area contributed by atoms with E-state index < -0.39 is 0 Å². The van der Waals surface area contributed by atoms with E-state index in [-0.39, 0.29) is 5.97 Å². The Bertz CT molecular complexity index is 386. The first-order chi connectivity index (χ1) is 8.78. The molecule has 5 heteroatoms. The Morgan fingerprint density at radius 3 is 3.06 bits per heavy atom. The highest BCUT2D eigenvalue weighted by atomic mass is 32.1. The molecule has 100 valence electrons. The maximum absolute atomic E-state index is 11.2. The van der Waals surface area contributed by atoms with Gasteiger partial charge in [0.2, 0.25) is 0 Å². The van der Waals surface area contributed by atoms with Crippen LogP contribution in [0.15, 0.2) is 5.38 Å². The van der Waals surface area contributed by atoms with Crippen molar-refractivity contribution in [2.24, 2.45) is 0 Å². The molecule has 1 N–H and O–H groups in total. The van der Waals surface area contributed by atoms with Gasteiger partial charge in [0, 0.05) is 17.8 Å². The largest absolute Gasteiger partial charge is 0.466 e. The van der Waals surface area contributed by atoms with E-state index in [2.05, 4.69) is 10.3 Å². The highest BCUT2D eigenvalue weighted by molar-refractivity contribution is 7.13. The number of hydrogen-bond donors (Lipinski definition) is 1. The number of aryl methyl sites for hydroxylation is 1. The van der Waals surface area contributed by atoms with Crippen LogP contribution in [0.3, 0.4) is 0 Å². The Kier molecular flexibility index (Phi) is 4.99. The van der Waals surface area contributed by atoms with Crippen molar-refractivity contribution < 1.29 is 9.53 Å². The maximum atomic E-state index is 11.2. The molecular weight excluding hydrogens is 248 g/mol. The van der Waals surface area contributed by atoms with Crippen LogP contribution in [0, 0.1) is 0 Å². The third kappa shape index (κ3) is 3.98. The SMILES string of the molecule is CCOC(=O)CCc1csc(NC2CCCC2)n1. The summed E-state index contributed by atoms with van der Waals surface area (Å²) in [7, 11) is 0. The van der Waals surface area contributed by atoms with Gasteiger partial charge in [0.25, 0.3) is 0 Å². The minimum absolute atomic E-state index is 0.143. The van der Waals surface area contributed by atoms with Gasteiger partial charge in [-0.05, 0) is 19.8 Å². The van der Waals surface area contributed by atoms with Crippen LogP contribution in [0.2, 0.25) is 0 Å². The van der Waals surface area contributed by atoms with Crippen molar-refractivity contribution in [2.45, 2.75) is 51.5 Å². The number of carbonyl (C=O) groups is 1. The van der Waals surface area contributed by atoms with Gasteiger partial charge < -0.3 is 10.1 Å². The summed E-state index contributed by atoms with van der Waals surface area (Å²) in [4.78, 5) is 15.7. The average molecular weight is 268 g/mol. The standard InChI is InChI=1S/C13H20N2O2S/c1-2-17-12(16)8-7-11-9-18-13(15-11)14-10-5-3-4-6-10/h9-10H,2-8H2,1H3,(H,14,15). The van der Waals surface area contributed by atoms with E-state index in [1.165, 1.54) is 25.7 Å². The van der Waals surface area contributed by atoms with Gasteiger partial charge in [0.15, 0.2) is 5.13 Å². The second-order valence-electron chi connectivity index (χ2n) is 4.57. The topological polar surface area (TPSA) is 51.2 Å². The molecule has 0 spiro atoms. The number of anilines is 1. The van der Waals surface area contributed by atoms with Crippen LogP contribution in [-0.4, -0.2) is 23.6 Å². The molecule has 1 aromatic heterocycles. The first kappa shape index (κ1) is 13.3. The number of aromatic nitrogens is 1. The van der Waals surface area contributed by atoms with Crippen LogP contribution >= 0.6 is 11.3 Å². The zero-order valence-electron chi connectivity index (χ0n) is 10.8. The van der Waals surface area contributed by atoms with Crippen LogP contribution in [0.4, 0.5) is 5.13 Å². The lowest BCUT2D eigenvalue weighted by molar-refractivity contribution is -0.143. The molecule has 1 aliphatic rings. The lowest BCUT2D eigenvalue weighted by Gasteiger charge is -2.09. The van der Waals surface area contributed by atoms with E-state index in [1.807, 2.05) is 12.3 Å². The molecule has 0 radical (unpaired) electrons. The van der Waals surface area contributed by atoms with E-state index in [1.54, 1.807) is 11.3 Å². The van der Waals surface area contributed by atoms with E-state index >= 15 is 0 Å². The highest BCUT2D eigenvalue weighted by Crippen LogP contribution is 2.24. The Balaban J connectivity index is 1.76. The summed E-state index contributed by atoms with van der Waals surface area (Å²) in [5.74, 6) is -0.143. The van der Waals surface area contributed by atoms with Gasteiger partial charge in [0.1, 0.15) is 0 Å². The minimum Gasteiger partial charge on any atom is -0.466 e. The van der Waals surface area contributed by atoms with E-state index in [0.717, 1.165) is 10.8 Å². The van der Waals surface area contributed by atoms with Crippen molar-refractivity contribution in [3.8, 4) is 0 Å². The summed E-state index contributed by atoms with van der Waals surface area (Å²) in [5.41, 5.74) is 0.980. The molecule has 1 aliphatic carbocycles. The molecule has 0 aliphatic heterocycles. The van der Waals surface area contributed by atoms with Crippen LogP contribution < -0.4 is 5.32 Å². The quantitative estimate of drug-likeness (QED) is 0.806. The molecule has 0 bridgehead atoms. The van der Waals surface area contributed by atoms with E-state index in [9.17, 15) is 4.79 Å². The zero-order valence-corrected chi connectivity index (χ0v) is 11.6. The number of esters is 1. The molecule has 1 aromatic rings. The molecular formula is C13H20N2O2S. The number of nitrogens with one attached hydrogen (secondary N) is 1. The fourth-order valence-corrected chi connectivity index (χ4v) is 3.02. The second-order valence-corrected chi connectivity index (χ2v) is 5.43. The van der Waals surface area contributed by atoms with Crippen LogP contribution in [0.25, 0.3) is 0 Å². The third-order valence-electron chi connectivity index (χ3n) is 3.13. The summed E-state index contributed by atoms with van der Waals surface area (Å²) in [6.45, 7) is 2.27. The predicted molar refractivity (Wildman–Crippen MR) is 72.9 cm³/mol. The van der Waals surface area contributed by atoms with E-state index in [4.69, 9.17) is 4.74 Å². The van der Waals surface area contributed by atoms with Gasteiger partial charge >= 0.3 is 5.97 Å². The number of ether oxygens (including phenoxy) is 1. The molecule has 0 atom stereocenters. The Morgan fingerprint density at radius 1 is 1.56 bits per heavy atom. The molecule has 1 saturated carbocycles. The lowest BCUT2D eigenvalue weighted by atomic mass is 10.2.